The Bertz CT molecular complexity index is 668. The van der Waals surface area contributed by atoms with E-state index >= 15 is 0 Å². The number of likely N-dealkylation sites (tertiary alicyclic amines) is 1. The first-order valence-electron chi connectivity index (χ1n) is 10.0. The van der Waals surface area contributed by atoms with Gasteiger partial charge in [-0.1, -0.05) is 30.9 Å². The van der Waals surface area contributed by atoms with Gasteiger partial charge in [0.2, 0.25) is 5.91 Å². The van der Waals surface area contributed by atoms with E-state index in [2.05, 4.69) is 10.2 Å². The summed E-state index contributed by atoms with van der Waals surface area (Å²) in [5.74, 6) is -1.14. The summed E-state index contributed by atoms with van der Waals surface area (Å²) >= 11 is 5.70. The van der Waals surface area contributed by atoms with Gasteiger partial charge in [-0.3, -0.25) is 9.59 Å². The van der Waals surface area contributed by atoms with Gasteiger partial charge in [0.1, 0.15) is 5.82 Å². The molecule has 6 heteroatoms. The molecule has 0 bridgehead atoms. The van der Waals surface area contributed by atoms with E-state index in [1.807, 2.05) is 0 Å². The van der Waals surface area contributed by atoms with Gasteiger partial charge in [-0.15, -0.1) is 0 Å². The first-order chi connectivity index (χ1) is 13.0. The lowest BCUT2D eigenvalue weighted by Crippen LogP contribution is -2.48. The number of piperidine rings is 1. The summed E-state index contributed by atoms with van der Waals surface area (Å²) in [5, 5.41) is 3.29. The van der Waals surface area contributed by atoms with Crippen molar-refractivity contribution in [3.05, 3.63) is 34.6 Å². The Hall–Kier alpha value is -1.46. The molecular formula is C21H28ClFN2O2. The predicted molar refractivity (Wildman–Crippen MR) is 105 cm³/mol. The molecule has 27 heavy (non-hydrogen) atoms. The van der Waals surface area contributed by atoms with Gasteiger partial charge in [0.15, 0.2) is 5.78 Å². The highest BCUT2D eigenvalue weighted by atomic mass is 35.5. The fourth-order valence-electron chi connectivity index (χ4n) is 4.23. The van der Waals surface area contributed by atoms with Crippen molar-refractivity contribution in [1.82, 2.24) is 10.2 Å². The maximum atomic E-state index is 13.8. The number of halogens is 2. The van der Waals surface area contributed by atoms with Crippen molar-refractivity contribution in [2.24, 2.45) is 0 Å². The SMILES string of the molecule is O=C(CCC(=O)c1ccc(Cl)cc1F)NC1CCN(C2CCCCC2)CC1. The van der Waals surface area contributed by atoms with E-state index in [1.165, 1.54) is 44.2 Å². The summed E-state index contributed by atoms with van der Waals surface area (Å²) in [7, 11) is 0. The number of carbonyl (C=O) groups is 2. The number of ketones is 1. The van der Waals surface area contributed by atoms with Crippen molar-refractivity contribution in [3.8, 4) is 0 Å². The number of nitrogens with zero attached hydrogens (tertiary/aromatic N) is 1. The van der Waals surface area contributed by atoms with E-state index in [4.69, 9.17) is 11.6 Å². The summed E-state index contributed by atoms with van der Waals surface area (Å²) < 4.78 is 13.8. The Balaban J connectivity index is 1.39. The lowest BCUT2D eigenvalue weighted by molar-refractivity contribution is -0.122. The number of nitrogens with one attached hydrogen (secondary N) is 1. The molecule has 148 valence electrons. The first-order valence-corrected chi connectivity index (χ1v) is 10.4. The fraction of sp³-hybridized carbons (Fsp3) is 0.619. The van der Waals surface area contributed by atoms with E-state index < -0.39 is 5.82 Å². The number of Topliss-reactive ketones (excluding diaryl/α,β-unsaturated/α-hetero) is 1. The Morgan fingerprint density at radius 2 is 1.78 bits per heavy atom. The molecule has 0 unspecified atom stereocenters. The second-order valence-electron chi connectivity index (χ2n) is 7.72. The van der Waals surface area contributed by atoms with Crippen molar-refractivity contribution in [2.45, 2.75) is 69.9 Å². The number of carbonyl (C=O) groups excluding carboxylic acids is 2. The average Bonchev–Trinajstić information content (AvgIpc) is 2.67. The van der Waals surface area contributed by atoms with Crippen molar-refractivity contribution in [2.75, 3.05) is 13.1 Å². The highest BCUT2D eigenvalue weighted by Gasteiger charge is 2.26. The molecule has 3 rings (SSSR count). The minimum Gasteiger partial charge on any atom is -0.353 e. The van der Waals surface area contributed by atoms with Gasteiger partial charge >= 0.3 is 0 Å². The van der Waals surface area contributed by atoms with Crippen LogP contribution in [0.3, 0.4) is 0 Å². The zero-order valence-electron chi connectivity index (χ0n) is 15.7. The smallest absolute Gasteiger partial charge is 0.220 e. The van der Waals surface area contributed by atoms with Crippen LogP contribution in [0.2, 0.25) is 5.02 Å². The number of rotatable bonds is 6. The van der Waals surface area contributed by atoms with Crippen molar-refractivity contribution < 1.29 is 14.0 Å². The normalized spacial score (nSPS) is 19.8. The molecule has 1 aromatic carbocycles. The van der Waals surface area contributed by atoms with Crippen molar-refractivity contribution >= 4 is 23.3 Å². The summed E-state index contributed by atoms with van der Waals surface area (Å²) in [4.78, 5) is 26.9. The maximum absolute atomic E-state index is 13.8. The minimum atomic E-state index is -0.636. The van der Waals surface area contributed by atoms with Gasteiger partial charge in [0.25, 0.3) is 0 Å². The van der Waals surface area contributed by atoms with Crippen LogP contribution in [0.15, 0.2) is 18.2 Å². The van der Waals surface area contributed by atoms with Crippen LogP contribution in [0.1, 0.15) is 68.1 Å². The van der Waals surface area contributed by atoms with Crippen LogP contribution in [-0.4, -0.2) is 41.8 Å². The Kier molecular flexibility index (Phi) is 7.25. The predicted octanol–water partition coefficient (Wildman–Crippen LogP) is 4.36. The van der Waals surface area contributed by atoms with Gasteiger partial charge in [0.05, 0.1) is 5.56 Å². The summed E-state index contributed by atoms with van der Waals surface area (Å²) in [6.45, 7) is 2.06. The molecule has 2 fully saturated rings. The molecule has 1 aromatic rings. The van der Waals surface area contributed by atoms with E-state index in [0.717, 1.165) is 38.0 Å². The molecule has 1 aliphatic carbocycles. The minimum absolute atomic E-state index is 0.00526. The molecule has 0 atom stereocenters. The molecule has 1 saturated heterocycles. The van der Waals surface area contributed by atoms with Crippen LogP contribution < -0.4 is 5.32 Å². The second kappa shape index (κ2) is 9.65. The lowest BCUT2D eigenvalue weighted by atomic mass is 9.92. The molecular weight excluding hydrogens is 367 g/mol. The molecule has 4 nitrogen and oxygen atoms in total. The summed E-state index contributed by atoms with van der Waals surface area (Å²) in [6, 6.07) is 4.88. The molecule has 2 aliphatic rings. The van der Waals surface area contributed by atoms with Crippen LogP contribution in [0.25, 0.3) is 0 Å². The number of hydrogen-bond donors (Lipinski definition) is 1. The van der Waals surface area contributed by atoms with E-state index in [9.17, 15) is 14.0 Å². The number of amides is 1. The molecule has 0 spiro atoms. The molecule has 1 amide bonds. The molecule has 1 N–H and O–H groups in total. The van der Waals surface area contributed by atoms with E-state index in [1.54, 1.807) is 0 Å². The van der Waals surface area contributed by atoms with Gasteiger partial charge in [0, 0.05) is 43.0 Å². The average molecular weight is 395 g/mol. The maximum Gasteiger partial charge on any atom is 0.220 e. The zero-order chi connectivity index (χ0) is 19.2. The second-order valence-corrected chi connectivity index (χ2v) is 8.15. The number of hydrogen-bond acceptors (Lipinski definition) is 3. The van der Waals surface area contributed by atoms with E-state index in [-0.39, 0.29) is 41.2 Å². The van der Waals surface area contributed by atoms with Crippen LogP contribution in [-0.2, 0) is 4.79 Å². The summed E-state index contributed by atoms with van der Waals surface area (Å²) in [5.41, 5.74) is -0.00649. The number of benzene rings is 1. The third-order valence-corrected chi connectivity index (χ3v) is 6.03. The zero-order valence-corrected chi connectivity index (χ0v) is 16.4. The molecule has 1 heterocycles. The first kappa shape index (κ1) is 20.3. The topological polar surface area (TPSA) is 49.4 Å². The third kappa shape index (κ3) is 5.76. The highest BCUT2D eigenvalue weighted by Crippen LogP contribution is 2.25. The molecule has 0 radical (unpaired) electrons. The van der Waals surface area contributed by atoms with Crippen LogP contribution in [0.5, 0.6) is 0 Å². The van der Waals surface area contributed by atoms with Gasteiger partial charge in [-0.2, -0.15) is 0 Å². The fourth-order valence-corrected chi connectivity index (χ4v) is 4.39. The van der Waals surface area contributed by atoms with Gasteiger partial charge in [-0.25, -0.2) is 4.39 Å². The summed E-state index contributed by atoms with van der Waals surface area (Å²) in [6.07, 6.45) is 8.66. The largest absolute Gasteiger partial charge is 0.353 e. The molecule has 0 aromatic heterocycles. The van der Waals surface area contributed by atoms with Gasteiger partial charge in [-0.05, 0) is 43.9 Å². The van der Waals surface area contributed by atoms with Gasteiger partial charge < -0.3 is 10.2 Å². The third-order valence-electron chi connectivity index (χ3n) is 5.80. The van der Waals surface area contributed by atoms with E-state index in [0.29, 0.717) is 0 Å². The van der Waals surface area contributed by atoms with Crippen molar-refractivity contribution in [1.29, 1.82) is 0 Å². The Labute approximate surface area is 165 Å². The van der Waals surface area contributed by atoms with Crippen molar-refractivity contribution in [3.63, 3.8) is 0 Å². The monoisotopic (exact) mass is 394 g/mol. The van der Waals surface area contributed by atoms with Crippen LogP contribution in [0.4, 0.5) is 4.39 Å². The Morgan fingerprint density at radius 1 is 1.07 bits per heavy atom. The van der Waals surface area contributed by atoms with Crippen LogP contribution in [0, 0.1) is 5.82 Å². The quantitative estimate of drug-likeness (QED) is 0.729. The highest BCUT2D eigenvalue weighted by molar-refractivity contribution is 6.30. The Morgan fingerprint density at radius 3 is 2.44 bits per heavy atom. The molecule has 1 saturated carbocycles. The molecule has 1 aliphatic heterocycles. The standard InChI is InChI=1S/C21H28ClFN2O2/c22-15-6-7-18(19(23)14-15)20(26)8-9-21(27)24-16-10-12-25(13-11-16)17-4-2-1-3-5-17/h6-7,14,16-17H,1-5,8-13H2,(H,24,27). The lowest BCUT2D eigenvalue weighted by Gasteiger charge is -2.39. The van der Waals surface area contributed by atoms with Crippen LogP contribution >= 0.6 is 11.6 Å².